The van der Waals surface area contributed by atoms with Gasteiger partial charge in [-0.05, 0) is 83.0 Å². The van der Waals surface area contributed by atoms with Crippen LogP contribution in [0.25, 0.3) is 10.9 Å². The number of fused-ring (bicyclic) bond motifs is 1. The molecule has 7 heteroatoms. The Morgan fingerprint density at radius 3 is 2.59 bits per heavy atom. The lowest BCUT2D eigenvalue weighted by Gasteiger charge is -2.32. The average molecular weight is 398 g/mol. The van der Waals surface area contributed by atoms with E-state index in [0.717, 1.165) is 59.6 Å². The van der Waals surface area contributed by atoms with E-state index in [4.69, 9.17) is 19.1 Å². The molecule has 4 rings (SSSR count). The topological polar surface area (TPSA) is 62.6 Å². The number of aryl methyl sites for hydroxylation is 1. The van der Waals surface area contributed by atoms with Crippen LogP contribution in [0.3, 0.4) is 0 Å². The standard InChI is InChI=1S/C22H31BN2O4/c1-15-13-18-17(14-24-25(18)19-10-6-7-12-27-19)20(16(15)9-8-11-26)23-28-21(2,3)22(4,5)29-23/h11,13-14,19H,6-10,12H2,1-5H3. The van der Waals surface area contributed by atoms with Gasteiger partial charge in [0.25, 0.3) is 0 Å². The molecule has 2 aliphatic rings. The van der Waals surface area contributed by atoms with E-state index in [0.29, 0.717) is 12.8 Å². The van der Waals surface area contributed by atoms with Gasteiger partial charge in [0.1, 0.15) is 6.29 Å². The Kier molecular flexibility index (Phi) is 5.34. The van der Waals surface area contributed by atoms with E-state index in [1.54, 1.807) is 0 Å². The first-order valence-corrected chi connectivity index (χ1v) is 10.7. The normalized spacial score (nSPS) is 23.6. The molecule has 1 unspecified atom stereocenters. The van der Waals surface area contributed by atoms with Gasteiger partial charge in [0.2, 0.25) is 0 Å². The summed E-state index contributed by atoms with van der Waals surface area (Å²) in [5, 5.41) is 5.72. The lowest BCUT2D eigenvalue weighted by Crippen LogP contribution is -2.41. The molecule has 6 nitrogen and oxygen atoms in total. The summed E-state index contributed by atoms with van der Waals surface area (Å²) in [5.41, 5.74) is 3.42. The predicted octanol–water partition coefficient (Wildman–Crippen LogP) is 3.47. The van der Waals surface area contributed by atoms with Crippen LogP contribution < -0.4 is 5.46 Å². The number of aldehydes is 1. The minimum Gasteiger partial charge on any atom is -0.399 e. The van der Waals surface area contributed by atoms with Crippen LogP contribution in [-0.2, 0) is 25.3 Å². The van der Waals surface area contributed by atoms with Crippen molar-refractivity contribution in [3.05, 3.63) is 23.4 Å². The average Bonchev–Trinajstić information content (AvgIpc) is 3.17. The smallest absolute Gasteiger partial charge is 0.399 e. The molecule has 0 saturated carbocycles. The minimum atomic E-state index is -0.492. The minimum absolute atomic E-state index is 0.0346. The van der Waals surface area contributed by atoms with Crippen molar-refractivity contribution in [1.29, 1.82) is 0 Å². The lowest BCUT2D eigenvalue weighted by molar-refractivity contribution is -0.107. The van der Waals surface area contributed by atoms with Crippen molar-refractivity contribution < 1.29 is 18.8 Å². The Morgan fingerprint density at radius 1 is 1.24 bits per heavy atom. The maximum absolute atomic E-state index is 11.1. The fraction of sp³-hybridized carbons (Fsp3) is 0.636. The molecular weight excluding hydrogens is 367 g/mol. The SMILES string of the molecule is Cc1cc2c(cnn2C2CCCCO2)c(B2OC(C)(C)C(C)(C)O2)c1CCC=O. The van der Waals surface area contributed by atoms with Gasteiger partial charge in [0, 0.05) is 18.4 Å². The Bertz CT molecular complexity index is 899. The highest BCUT2D eigenvalue weighted by Crippen LogP contribution is 2.38. The van der Waals surface area contributed by atoms with E-state index in [1.807, 2.05) is 10.9 Å². The number of hydrogen-bond acceptors (Lipinski definition) is 5. The third-order valence-electron chi connectivity index (χ3n) is 6.71. The third kappa shape index (κ3) is 3.53. The van der Waals surface area contributed by atoms with E-state index in [1.165, 1.54) is 0 Å². The number of aromatic nitrogens is 2. The number of carbonyl (C=O) groups is 1. The number of nitrogens with zero attached hydrogens (tertiary/aromatic N) is 2. The number of ether oxygens (including phenoxy) is 1. The Balaban J connectivity index is 1.85. The molecule has 2 fully saturated rings. The number of rotatable bonds is 5. The molecular formula is C22H31BN2O4. The van der Waals surface area contributed by atoms with E-state index in [2.05, 4.69) is 40.7 Å². The lowest BCUT2D eigenvalue weighted by atomic mass is 9.72. The summed E-state index contributed by atoms with van der Waals surface area (Å²) in [6, 6.07) is 2.16. The highest BCUT2D eigenvalue weighted by Gasteiger charge is 2.52. The molecule has 0 spiro atoms. The van der Waals surface area contributed by atoms with Gasteiger partial charge in [-0.25, -0.2) is 4.68 Å². The molecule has 1 atom stereocenters. The van der Waals surface area contributed by atoms with Crippen LogP contribution in [0.5, 0.6) is 0 Å². The molecule has 0 radical (unpaired) electrons. The summed E-state index contributed by atoms with van der Waals surface area (Å²) in [7, 11) is -0.492. The fourth-order valence-corrected chi connectivity index (χ4v) is 4.30. The zero-order valence-electron chi connectivity index (χ0n) is 18.2. The van der Waals surface area contributed by atoms with Crippen molar-refractivity contribution in [2.24, 2.45) is 0 Å². The van der Waals surface area contributed by atoms with E-state index >= 15 is 0 Å². The molecule has 0 bridgehead atoms. The molecule has 0 aliphatic carbocycles. The van der Waals surface area contributed by atoms with Crippen LogP contribution in [0, 0.1) is 6.92 Å². The highest BCUT2D eigenvalue weighted by molar-refractivity contribution is 6.65. The van der Waals surface area contributed by atoms with Crippen LogP contribution in [-0.4, -0.2) is 41.0 Å². The molecule has 2 saturated heterocycles. The highest BCUT2D eigenvalue weighted by atomic mass is 16.7. The van der Waals surface area contributed by atoms with Gasteiger partial charge in [-0.1, -0.05) is 0 Å². The summed E-state index contributed by atoms with van der Waals surface area (Å²) < 4.78 is 20.8. The summed E-state index contributed by atoms with van der Waals surface area (Å²) >= 11 is 0. The Morgan fingerprint density at radius 2 is 1.97 bits per heavy atom. The quantitative estimate of drug-likeness (QED) is 0.570. The van der Waals surface area contributed by atoms with Gasteiger partial charge in [-0.3, -0.25) is 0 Å². The van der Waals surface area contributed by atoms with Crippen LogP contribution in [0.4, 0.5) is 0 Å². The second-order valence-electron chi connectivity index (χ2n) is 9.22. The van der Waals surface area contributed by atoms with Gasteiger partial charge in [0.15, 0.2) is 6.23 Å². The first-order valence-electron chi connectivity index (χ1n) is 10.7. The maximum atomic E-state index is 11.1. The van der Waals surface area contributed by atoms with Crippen LogP contribution in [0.15, 0.2) is 12.3 Å². The summed E-state index contributed by atoms with van der Waals surface area (Å²) in [5.74, 6) is 0. The van der Waals surface area contributed by atoms with Gasteiger partial charge in [-0.2, -0.15) is 5.10 Å². The first-order chi connectivity index (χ1) is 13.7. The van der Waals surface area contributed by atoms with Gasteiger partial charge < -0.3 is 18.8 Å². The van der Waals surface area contributed by atoms with E-state index in [-0.39, 0.29) is 6.23 Å². The zero-order chi connectivity index (χ0) is 20.8. The second-order valence-corrected chi connectivity index (χ2v) is 9.22. The van der Waals surface area contributed by atoms with E-state index in [9.17, 15) is 4.79 Å². The summed E-state index contributed by atoms with van der Waals surface area (Å²) in [6.07, 6.45) is 7.18. The number of hydrogen-bond donors (Lipinski definition) is 0. The Labute approximate surface area is 173 Å². The summed E-state index contributed by atoms with van der Waals surface area (Å²) in [6.45, 7) is 11.1. The largest absolute Gasteiger partial charge is 0.495 e. The van der Waals surface area contributed by atoms with Crippen molar-refractivity contribution in [2.45, 2.75) is 84.2 Å². The molecule has 156 valence electrons. The predicted molar refractivity (Wildman–Crippen MR) is 113 cm³/mol. The molecule has 1 aromatic heterocycles. The van der Waals surface area contributed by atoms with Gasteiger partial charge >= 0.3 is 7.12 Å². The van der Waals surface area contributed by atoms with Crippen molar-refractivity contribution in [3.63, 3.8) is 0 Å². The van der Waals surface area contributed by atoms with E-state index < -0.39 is 18.3 Å². The Hall–Kier alpha value is -1.70. The molecule has 29 heavy (non-hydrogen) atoms. The zero-order valence-corrected chi connectivity index (χ0v) is 18.2. The molecule has 2 aromatic rings. The summed E-state index contributed by atoms with van der Waals surface area (Å²) in [4.78, 5) is 11.1. The van der Waals surface area contributed by atoms with Gasteiger partial charge in [-0.15, -0.1) is 0 Å². The van der Waals surface area contributed by atoms with Crippen molar-refractivity contribution >= 4 is 29.8 Å². The monoisotopic (exact) mass is 398 g/mol. The molecule has 1 aromatic carbocycles. The van der Waals surface area contributed by atoms with Crippen LogP contribution >= 0.6 is 0 Å². The molecule has 0 amide bonds. The molecule has 3 heterocycles. The number of benzene rings is 1. The van der Waals surface area contributed by atoms with Crippen molar-refractivity contribution in [3.8, 4) is 0 Å². The fourth-order valence-electron chi connectivity index (χ4n) is 4.30. The third-order valence-corrected chi connectivity index (χ3v) is 6.71. The first kappa shape index (κ1) is 20.6. The van der Waals surface area contributed by atoms with Crippen molar-refractivity contribution in [2.75, 3.05) is 6.61 Å². The van der Waals surface area contributed by atoms with Gasteiger partial charge in [0.05, 0.1) is 22.9 Å². The molecule has 2 aliphatic heterocycles. The second kappa shape index (κ2) is 7.53. The van der Waals surface area contributed by atoms with Crippen LogP contribution in [0.1, 0.15) is 70.7 Å². The number of carbonyl (C=O) groups excluding carboxylic acids is 1. The molecule has 0 N–H and O–H groups in total. The van der Waals surface area contributed by atoms with Crippen LogP contribution in [0.2, 0.25) is 0 Å². The van der Waals surface area contributed by atoms with Crippen molar-refractivity contribution in [1.82, 2.24) is 9.78 Å². The maximum Gasteiger partial charge on any atom is 0.495 e.